The molecule has 0 aliphatic carbocycles. The smallest absolute Gasteiger partial charge is 0.332 e. The second kappa shape index (κ2) is 7.42. The summed E-state index contributed by atoms with van der Waals surface area (Å²) >= 11 is 5.87. The van der Waals surface area contributed by atoms with E-state index in [4.69, 9.17) is 16.3 Å². The summed E-state index contributed by atoms with van der Waals surface area (Å²) in [5.74, 6) is -0.404. The molecule has 0 bridgehead atoms. The number of ether oxygens (including phenoxy) is 1. The second-order valence-corrected chi connectivity index (χ2v) is 6.51. The van der Waals surface area contributed by atoms with E-state index in [1.165, 1.54) is 24.8 Å². The molecule has 1 N–H and O–H groups in total. The van der Waals surface area contributed by atoms with Crippen LogP contribution < -0.4 is 16.6 Å². The summed E-state index contributed by atoms with van der Waals surface area (Å²) in [6.45, 7) is 0.623. The van der Waals surface area contributed by atoms with Crippen LogP contribution in [0.4, 0.5) is 5.69 Å². The summed E-state index contributed by atoms with van der Waals surface area (Å²) in [4.78, 5) is 37.7. The average molecular weight is 391 g/mol. The standard InChI is InChI=1S/C18H19ClN4O4/c1-21-16-13(17(25)22(2)18(21)26)10-14(23(16)8-9-27-3)15(24)20-12-6-4-11(19)5-7-12/h4-7,10H,8-9H2,1-3H3,(H,20,24). The van der Waals surface area contributed by atoms with Crippen molar-refractivity contribution in [3.05, 3.63) is 61.9 Å². The molecule has 0 fully saturated rings. The van der Waals surface area contributed by atoms with E-state index in [0.29, 0.717) is 29.5 Å². The van der Waals surface area contributed by atoms with Crippen LogP contribution in [-0.4, -0.2) is 33.3 Å². The van der Waals surface area contributed by atoms with Crippen LogP contribution in [-0.2, 0) is 25.4 Å². The number of halogens is 1. The summed E-state index contributed by atoms with van der Waals surface area (Å²) < 4.78 is 9.10. The molecule has 0 unspecified atom stereocenters. The summed E-state index contributed by atoms with van der Waals surface area (Å²) in [5, 5.41) is 3.62. The molecule has 0 saturated carbocycles. The van der Waals surface area contributed by atoms with Crippen molar-refractivity contribution in [2.45, 2.75) is 6.54 Å². The van der Waals surface area contributed by atoms with Crippen molar-refractivity contribution in [1.82, 2.24) is 13.7 Å². The molecule has 9 heteroatoms. The molecule has 3 aromatic rings. The van der Waals surface area contributed by atoms with Crippen LogP contribution in [0.15, 0.2) is 39.9 Å². The highest BCUT2D eigenvalue weighted by atomic mass is 35.5. The highest BCUT2D eigenvalue weighted by Crippen LogP contribution is 2.19. The monoisotopic (exact) mass is 390 g/mol. The zero-order chi connectivity index (χ0) is 19.7. The average Bonchev–Trinajstić information content (AvgIpc) is 3.04. The molecule has 0 aliphatic rings. The van der Waals surface area contributed by atoms with E-state index in [0.717, 1.165) is 4.57 Å². The Kier molecular flexibility index (Phi) is 5.20. The topological polar surface area (TPSA) is 87.3 Å². The number of fused-ring (bicyclic) bond motifs is 1. The number of benzene rings is 1. The largest absolute Gasteiger partial charge is 0.383 e. The van der Waals surface area contributed by atoms with Crippen LogP contribution in [0.5, 0.6) is 0 Å². The van der Waals surface area contributed by atoms with E-state index in [2.05, 4.69) is 5.32 Å². The lowest BCUT2D eigenvalue weighted by Gasteiger charge is -2.13. The number of nitrogens with one attached hydrogen (secondary N) is 1. The molecule has 27 heavy (non-hydrogen) atoms. The molecule has 3 rings (SSSR count). The van der Waals surface area contributed by atoms with Gasteiger partial charge in [0.05, 0.1) is 12.0 Å². The molecule has 2 heterocycles. The van der Waals surface area contributed by atoms with Crippen LogP contribution in [0.2, 0.25) is 5.02 Å². The normalized spacial score (nSPS) is 11.1. The van der Waals surface area contributed by atoms with Gasteiger partial charge < -0.3 is 14.6 Å². The number of aromatic nitrogens is 3. The third-order valence-electron chi connectivity index (χ3n) is 4.35. The zero-order valence-electron chi connectivity index (χ0n) is 15.2. The van der Waals surface area contributed by atoms with Gasteiger partial charge in [-0.05, 0) is 30.3 Å². The predicted octanol–water partition coefficient (Wildman–Crippen LogP) is 1.59. The molecule has 1 amide bonds. The van der Waals surface area contributed by atoms with Gasteiger partial charge in [-0.15, -0.1) is 0 Å². The number of carbonyl (C=O) groups is 1. The van der Waals surface area contributed by atoms with Crippen LogP contribution in [0.1, 0.15) is 10.5 Å². The van der Waals surface area contributed by atoms with E-state index < -0.39 is 17.2 Å². The molecule has 0 atom stereocenters. The van der Waals surface area contributed by atoms with Gasteiger partial charge in [-0.1, -0.05) is 11.6 Å². The Labute approximate surface area is 159 Å². The lowest BCUT2D eigenvalue weighted by molar-refractivity contribution is 0.101. The first kappa shape index (κ1) is 18.9. The van der Waals surface area contributed by atoms with Gasteiger partial charge in [0.15, 0.2) is 0 Å². The number of hydrogen-bond acceptors (Lipinski definition) is 4. The van der Waals surface area contributed by atoms with E-state index in [9.17, 15) is 14.4 Å². The fourth-order valence-corrected chi connectivity index (χ4v) is 3.09. The van der Waals surface area contributed by atoms with Gasteiger partial charge >= 0.3 is 5.69 Å². The zero-order valence-corrected chi connectivity index (χ0v) is 15.9. The minimum Gasteiger partial charge on any atom is -0.383 e. The Balaban J connectivity index is 2.16. The maximum Gasteiger partial charge on any atom is 0.332 e. The minimum absolute atomic E-state index is 0.260. The number of nitrogens with zero attached hydrogens (tertiary/aromatic N) is 3. The molecular formula is C18H19ClN4O4. The predicted molar refractivity (Wildman–Crippen MR) is 104 cm³/mol. The number of hydrogen-bond donors (Lipinski definition) is 1. The Bertz CT molecular complexity index is 1130. The van der Waals surface area contributed by atoms with Crippen molar-refractivity contribution in [1.29, 1.82) is 0 Å². The Morgan fingerprint density at radius 3 is 2.44 bits per heavy atom. The van der Waals surface area contributed by atoms with Gasteiger partial charge in [0, 0.05) is 38.5 Å². The summed E-state index contributed by atoms with van der Waals surface area (Å²) in [5.41, 5.74) is 0.283. The van der Waals surface area contributed by atoms with Crippen molar-refractivity contribution in [3.8, 4) is 0 Å². The van der Waals surface area contributed by atoms with Crippen molar-refractivity contribution >= 4 is 34.2 Å². The van der Waals surface area contributed by atoms with Crippen molar-refractivity contribution in [2.75, 3.05) is 19.0 Å². The molecule has 0 saturated heterocycles. The van der Waals surface area contributed by atoms with Gasteiger partial charge in [0.25, 0.3) is 11.5 Å². The fraction of sp³-hybridized carbons (Fsp3) is 0.278. The SMILES string of the molecule is COCCn1c(C(=O)Nc2ccc(Cl)cc2)cc2c(=O)n(C)c(=O)n(C)c21. The number of amides is 1. The van der Waals surface area contributed by atoms with Crippen molar-refractivity contribution < 1.29 is 9.53 Å². The molecule has 1 aromatic carbocycles. The van der Waals surface area contributed by atoms with Gasteiger partial charge in [-0.2, -0.15) is 0 Å². The Morgan fingerprint density at radius 1 is 1.15 bits per heavy atom. The quantitative estimate of drug-likeness (QED) is 0.716. The Morgan fingerprint density at radius 2 is 1.81 bits per heavy atom. The number of methoxy groups -OCH3 is 1. The summed E-state index contributed by atoms with van der Waals surface area (Å²) in [6, 6.07) is 8.18. The maximum atomic E-state index is 12.8. The van der Waals surface area contributed by atoms with Gasteiger partial charge in [-0.3, -0.25) is 18.7 Å². The lowest BCUT2D eigenvalue weighted by Crippen LogP contribution is -2.37. The second-order valence-electron chi connectivity index (χ2n) is 6.08. The first-order valence-corrected chi connectivity index (χ1v) is 8.58. The molecule has 8 nitrogen and oxygen atoms in total. The van der Waals surface area contributed by atoms with Crippen molar-refractivity contribution in [3.63, 3.8) is 0 Å². The highest BCUT2D eigenvalue weighted by Gasteiger charge is 2.21. The van der Waals surface area contributed by atoms with Gasteiger partial charge in [0.2, 0.25) is 0 Å². The lowest BCUT2D eigenvalue weighted by atomic mass is 10.3. The van der Waals surface area contributed by atoms with Crippen LogP contribution >= 0.6 is 11.6 Å². The van der Waals surface area contributed by atoms with Crippen LogP contribution in [0, 0.1) is 0 Å². The summed E-state index contributed by atoms with van der Waals surface area (Å²) in [6.07, 6.45) is 0. The Hall–Kier alpha value is -2.84. The third kappa shape index (κ3) is 3.41. The van der Waals surface area contributed by atoms with E-state index in [-0.39, 0.29) is 11.1 Å². The number of rotatable bonds is 5. The number of carbonyl (C=O) groups excluding carboxylic acids is 1. The molecular weight excluding hydrogens is 372 g/mol. The van der Waals surface area contributed by atoms with Crippen LogP contribution in [0.3, 0.4) is 0 Å². The molecule has 0 spiro atoms. The first-order valence-electron chi connectivity index (χ1n) is 8.20. The van der Waals surface area contributed by atoms with Crippen molar-refractivity contribution in [2.24, 2.45) is 14.1 Å². The van der Waals surface area contributed by atoms with Gasteiger partial charge in [-0.25, -0.2) is 4.79 Å². The third-order valence-corrected chi connectivity index (χ3v) is 4.60. The van der Waals surface area contributed by atoms with E-state index >= 15 is 0 Å². The van der Waals surface area contributed by atoms with E-state index in [1.54, 1.807) is 35.9 Å². The molecule has 0 radical (unpaired) electrons. The fourth-order valence-electron chi connectivity index (χ4n) is 2.97. The number of anilines is 1. The van der Waals surface area contributed by atoms with Crippen LogP contribution in [0.25, 0.3) is 11.0 Å². The first-order chi connectivity index (χ1) is 12.8. The summed E-state index contributed by atoms with van der Waals surface area (Å²) in [7, 11) is 4.51. The molecule has 142 valence electrons. The van der Waals surface area contributed by atoms with E-state index in [1.807, 2.05) is 0 Å². The molecule has 2 aromatic heterocycles. The number of aryl methyl sites for hydroxylation is 1. The maximum absolute atomic E-state index is 12.8. The highest BCUT2D eigenvalue weighted by molar-refractivity contribution is 6.30. The minimum atomic E-state index is -0.464. The van der Waals surface area contributed by atoms with Gasteiger partial charge in [0.1, 0.15) is 11.3 Å². The molecule has 0 aliphatic heterocycles.